The normalized spacial score (nSPS) is 29.0. The number of rotatable bonds is 4. The molecule has 0 radical (unpaired) electrons. The van der Waals surface area contributed by atoms with Crippen molar-refractivity contribution in [1.29, 1.82) is 0 Å². The SMILES string of the molecule is CC(F)(F)C1=NN(C2COCCC2(C)C(=O)NS(C)(=O)=O)N[N-]1. The maximum atomic E-state index is 13.3. The van der Waals surface area contributed by atoms with Crippen LogP contribution in [-0.4, -0.2) is 56.7 Å². The van der Waals surface area contributed by atoms with E-state index in [0.717, 1.165) is 11.4 Å². The average Bonchev–Trinajstić information content (AvgIpc) is 2.86. The van der Waals surface area contributed by atoms with Crippen LogP contribution >= 0.6 is 0 Å². The minimum atomic E-state index is -3.75. The van der Waals surface area contributed by atoms with Gasteiger partial charge < -0.3 is 20.4 Å². The van der Waals surface area contributed by atoms with E-state index in [4.69, 9.17) is 4.74 Å². The topological polar surface area (TPSA) is 114 Å². The van der Waals surface area contributed by atoms with E-state index >= 15 is 0 Å². The van der Waals surface area contributed by atoms with Crippen LogP contribution in [0.5, 0.6) is 0 Å². The van der Waals surface area contributed by atoms with E-state index in [0.29, 0.717) is 6.92 Å². The number of hydrazine groups is 1. The summed E-state index contributed by atoms with van der Waals surface area (Å²) in [6, 6.07) is -0.804. The fraction of sp³-hybridized carbons (Fsp3) is 0.818. The molecule has 12 heteroatoms. The first kappa shape index (κ1) is 17.8. The molecule has 1 amide bonds. The molecule has 2 atom stereocenters. The number of carbonyl (C=O) groups excluding carboxylic acids is 1. The molecule has 1 fully saturated rings. The number of amides is 1. The zero-order valence-corrected chi connectivity index (χ0v) is 13.7. The number of amidine groups is 1. The predicted octanol–water partition coefficient (Wildman–Crippen LogP) is -0.0650. The molecule has 9 nitrogen and oxygen atoms in total. The molecule has 2 N–H and O–H groups in total. The monoisotopic (exact) mass is 354 g/mol. The maximum absolute atomic E-state index is 13.3. The van der Waals surface area contributed by atoms with Crippen LogP contribution in [0.1, 0.15) is 20.3 Å². The van der Waals surface area contributed by atoms with Crippen LogP contribution in [0.25, 0.3) is 5.43 Å². The van der Waals surface area contributed by atoms with Crippen molar-refractivity contribution in [2.45, 2.75) is 32.2 Å². The first-order valence-electron chi connectivity index (χ1n) is 6.76. The Balaban J connectivity index is 2.25. The fourth-order valence-electron chi connectivity index (χ4n) is 2.29. The number of nitrogens with zero attached hydrogens (tertiary/aromatic N) is 3. The second kappa shape index (κ2) is 5.83. The number of carbonyl (C=O) groups is 1. The summed E-state index contributed by atoms with van der Waals surface area (Å²) in [6.45, 7) is 2.41. The molecule has 0 aromatic rings. The van der Waals surface area contributed by atoms with E-state index < -0.39 is 39.1 Å². The number of ether oxygens (including phenoxy) is 1. The Morgan fingerprint density at radius 1 is 1.61 bits per heavy atom. The third kappa shape index (κ3) is 3.87. The van der Waals surface area contributed by atoms with Gasteiger partial charge in [-0.1, -0.05) is 0 Å². The lowest BCUT2D eigenvalue weighted by molar-refractivity contribution is -0.143. The van der Waals surface area contributed by atoms with Crippen molar-refractivity contribution < 1.29 is 26.7 Å². The van der Waals surface area contributed by atoms with Gasteiger partial charge in [-0.15, -0.1) is 0 Å². The van der Waals surface area contributed by atoms with Crippen LogP contribution in [0.2, 0.25) is 0 Å². The minimum Gasteiger partial charge on any atom is -0.380 e. The first-order valence-corrected chi connectivity index (χ1v) is 8.65. The summed E-state index contributed by atoms with van der Waals surface area (Å²) in [7, 11) is -3.75. The highest BCUT2D eigenvalue weighted by atomic mass is 32.2. The van der Waals surface area contributed by atoms with Crippen LogP contribution in [-0.2, 0) is 19.6 Å². The highest BCUT2D eigenvalue weighted by Gasteiger charge is 2.47. The van der Waals surface area contributed by atoms with Crippen molar-refractivity contribution >= 4 is 21.8 Å². The van der Waals surface area contributed by atoms with Gasteiger partial charge in [0, 0.05) is 19.4 Å². The van der Waals surface area contributed by atoms with Gasteiger partial charge in [-0.05, 0) is 13.3 Å². The molecular formula is C11H18F2N5O4S-. The van der Waals surface area contributed by atoms with Gasteiger partial charge in [-0.25, -0.2) is 22.7 Å². The molecule has 2 aliphatic heterocycles. The van der Waals surface area contributed by atoms with Crippen molar-refractivity contribution in [2.75, 3.05) is 19.5 Å². The summed E-state index contributed by atoms with van der Waals surface area (Å²) in [5.41, 5.74) is 4.54. The summed E-state index contributed by atoms with van der Waals surface area (Å²) in [6.07, 6.45) is 1.06. The van der Waals surface area contributed by atoms with Crippen molar-refractivity contribution in [3.05, 3.63) is 5.43 Å². The van der Waals surface area contributed by atoms with Crippen LogP contribution in [0.4, 0.5) is 8.78 Å². The van der Waals surface area contributed by atoms with Crippen LogP contribution in [0, 0.1) is 5.41 Å². The van der Waals surface area contributed by atoms with Gasteiger partial charge in [-0.3, -0.25) is 9.52 Å². The molecule has 23 heavy (non-hydrogen) atoms. The largest absolute Gasteiger partial charge is 0.380 e. The molecule has 132 valence electrons. The zero-order chi connectivity index (χ0) is 17.5. The van der Waals surface area contributed by atoms with Gasteiger partial charge in [0.1, 0.15) is 0 Å². The number of hydrazone groups is 1. The highest BCUT2D eigenvalue weighted by Crippen LogP contribution is 2.35. The molecule has 2 rings (SSSR count). The number of sulfonamides is 1. The Bertz CT molecular complexity index is 620. The Morgan fingerprint density at radius 3 is 2.78 bits per heavy atom. The van der Waals surface area contributed by atoms with Crippen LogP contribution < -0.4 is 10.3 Å². The van der Waals surface area contributed by atoms with Gasteiger partial charge in [-0.2, -0.15) is 0 Å². The Labute approximate surface area is 132 Å². The molecule has 2 heterocycles. The lowest BCUT2D eigenvalue weighted by Gasteiger charge is -2.45. The zero-order valence-electron chi connectivity index (χ0n) is 12.8. The number of alkyl halides is 2. The average molecular weight is 354 g/mol. The first-order chi connectivity index (χ1) is 10.4. The molecular weight excluding hydrogens is 336 g/mol. The standard InChI is InChI=1S/C11H19F2N5O4S/c1-10(9(19)16-23(3,20)21)4-5-22-6-7(10)18-15-8(14-17-18)11(2,12)13/h7,17H,4-6H2,1-3H3,(H2,14,15,16,19)/p-1. The summed E-state index contributed by atoms with van der Waals surface area (Å²) < 4.78 is 56.3. The molecule has 2 unspecified atom stereocenters. The van der Waals surface area contributed by atoms with Gasteiger partial charge in [0.05, 0.1) is 24.3 Å². The van der Waals surface area contributed by atoms with Crippen molar-refractivity contribution in [3.8, 4) is 0 Å². The summed E-state index contributed by atoms with van der Waals surface area (Å²) in [5, 5.41) is 4.68. The minimum absolute atomic E-state index is 0.00225. The van der Waals surface area contributed by atoms with E-state index in [-0.39, 0.29) is 19.6 Å². The smallest absolute Gasteiger partial charge is 0.265 e. The van der Waals surface area contributed by atoms with Gasteiger partial charge in [0.25, 0.3) is 5.92 Å². The quantitative estimate of drug-likeness (QED) is 0.731. The predicted molar refractivity (Wildman–Crippen MR) is 76.7 cm³/mol. The van der Waals surface area contributed by atoms with Crippen molar-refractivity contribution in [2.24, 2.45) is 10.5 Å². The van der Waals surface area contributed by atoms with Gasteiger partial charge in [0.2, 0.25) is 15.9 Å². The number of hydrogen-bond acceptors (Lipinski definition) is 7. The third-order valence-corrected chi connectivity index (χ3v) is 4.28. The molecule has 0 aromatic heterocycles. The second-order valence-corrected chi connectivity index (χ2v) is 7.58. The summed E-state index contributed by atoms with van der Waals surface area (Å²) >= 11 is 0. The number of nitrogens with one attached hydrogen (secondary N) is 2. The van der Waals surface area contributed by atoms with Crippen molar-refractivity contribution in [3.63, 3.8) is 0 Å². The molecule has 2 aliphatic rings. The lowest BCUT2D eigenvalue weighted by Crippen LogP contribution is -2.59. The van der Waals surface area contributed by atoms with E-state index in [2.05, 4.69) is 16.1 Å². The molecule has 0 aromatic carbocycles. The summed E-state index contributed by atoms with van der Waals surface area (Å²) in [5.74, 6) is -4.72. The third-order valence-electron chi connectivity index (χ3n) is 3.72. The van der Waals surface area contributed by atoms with Crippen LogP contribution in [0.15, 0.2) is 5.10 Å². The second-order valence-electron chi connectivity index (χ2n) is 5.83. The molecule has 0 spiro atoms. The Hall–Kier alpha value is -1.53. The van der Waals surface area contributed by atoms with E-state index in [1.54, 1.807) is 0 Å². The molecule has 0 aliphatic carbocycles. The Morgan fingerprint density at radius 2 is 2.26 bits per heavy atom. The lowest BCUT2D eigenvalue weighted by atomic mass is 9.77. The molecule has 0 bridgehead atoms. The maximum Gasteiger partial charge on any atom is 0.265 e. The van der Waals surface area contributed by atoms with Gasteiger partial charge in [0.15, 0.2) is 0 Å². The fourth-order valence-corrected chi connectivity index (χ4v) is 2.86. The number of hydrogen-bond donors (Lipinski definition) is 2. The van der Waals surface area contributed by atoms with E-state index in [9.17, 15) is 22.0 Å². The molecule has 0 saturated carbocycles. The van der Waals surface area contributed by atoms with Crippen LogP contribution in [0.3, 0.4) is 0 Å². The van der Waals surface area contributed by atoms with E-state index in [1.807, 2.05) is 4.72 Å². The molecule has 1 saturated heterocycles. The van der Waals surface area contributed by atoms with E-state index in [1.165, 1.54) is 6.92 Å². The Kier molecular flexibility index (Phi) is 4.52. The summed E-state index contributed by atoms with van der Waals surface area (Å²) in [4.78, 5) is 12.4. The number of halogens is 2. The highest BCUT2D eigenvalue weighted by molar-refractivity contribution is 7.89. The van der Waals surface area contributed by atoms with Crippen molar-refractivity contribution in [1.82, 2.24) is 15.4 Å². The van der Waals surface area contributed by atoms with Gasteiger partial charge >= 0.3 is 0 Å².